The minimum atomic E-state index is -1.35. The Morgan fingerprint density at radius 2 is 1.02 bits per heavy atom. The van der Waals surface area contributed by atoms with Gasteiger partial charge in [-0.15, -0.1) is 0 Å². The van der Waals surface area contributed by atoms with Crippen LogP contribution in [-0.4, -0.2) is 109 Å². The number of cyclic esters (lactones) is 2. The second kappa shape index (κ2) is 23.4. The Morgan fingerprint density at radius 3 is 1.53 bits per heavy atom. The lowest BCUT2D eigenvalue weighted by Crippen LogP contribution is -2.57. The maximum Gasteiger partial charge on any atom is 0.440 e. The quantitative estimate of drug-likeness (QED) is 0.224. The Kier molecular flexibility index (Phi) is 18.8. The topological polar surface area (TPSA) is 183 Å². The Labute approximate surface area is 355 Å². The smallest absolute Gasteiger partial charge is 0.440 e. The fourth-order valence-corrected chi connectivity index (χ4v) is 8.64. The highest BCUT2D eigenvalue weighted by Crippen LogP contribution is 2.44. The monoisotopic (exact) mass is 842 g/mol. The van der Waals surface area contributed by atoms with Crippen LogP contribution in [0.15, 0.2) is 48.6 Å². The van der Waals surface area contributed by atoms with Crippen LogP contribution in [-0.2, 0) is 56.9 Å². The third kappa shape index (κ3) is 13.5. The number of carbonyl (C=O) groups is 4. The van der Waals surface area contributed by atoms with E-state index < -0.39 is 72.3 Å². The number of fused-ring (bicyclic) bond motifs is 2. The fourth-order valence-electron chi connectivity index (χ4n) is 8.64. The molecule has 0 aromatic carbocycles. The van der Waals surface area contributed by atoms with Crippen LogP contribution < -0.4 is 0 Å². The highest BCUT2D eigenvalue weighted by molar-refractivity contribution is 6.20. The van der Waals surface area contributed by atoms with Gasteiger partial charge in [0.25, 0.3) is 0 Å². The zero-order valence-corrected chi connectivity index (χ0v) is 35.9. The van der Waals surface area contributed by atoms with Gasteiger partial charge in [0, 0.05) is 37.5 Å². The van der Waals surface area contributed by atoms with E-state index in [0.29, 0.717) is 77.0 Å². The summed E-state index contributed by atoms with van der Waals surface area (Å²) in [6.07, 6.45) is 17.0. The molecule has 15 heteroatoms. The van der Waals surface area contributed by atoms with Gasteiger partial charge in [-0.05, 0) is 90.9 Å². The standard InChI is InChI=1S/C45H67BO14/c1-30-21-23-38-27-36(49)25-34(47)19-15-12-8-6-10-14-18-33(4)56-43(52)41-45(60-46-59-41)31(2)22-24-39(58-45)28-37(50)26-35(48)20-16-11-7-5-9-13-17-32(3)55-42(51)40-44(30,57-38)54-29-53-40/h5-12,30-35,38-41,46-48H,13-29H2,1-4H3/b9-5-,10-6-,11-7+,12-8+. The second-order valence-electron chi connectivity index (χ2n) is 17.2. The molecule has 0 aromatic heterocycles. The number of aliphatic hydroxyl groups excluding tert-OH is 2. The van der Waals surface area contributed by atoms with Crippen LogP contribution in [0.5, 0.6) is 0 Å². The first-order chi connectivity index (χ1) is 28.8. The molecule has 5 aliphatic rings. The lowest BCUT2D eigenvalue weighted by atomic mass is 9.85. The van der Waals surface area contributed by atoms with E-state index in [0.717, 1.165) is 0 Å². The molecule has 334 valence electrons. The summed E-state index contributed by atoms with van der Waals surface area (Å²) in [5.41, 5.74) is 0. The van der Waals surface area contributed by atoms with E-state index >= 15 is 0 Å². The summed E-state index contributed by atoms with van der Waals surface area (Å²) in [5.74, 6) is -4.44. The molecule has 4 saturated heterocycles. The van der Waals surface area contributed by atoms with Crippen molar-refractivity contribution in [3.63, 3.8) is 0 Å². The first-order valence-electron chi connectivity index (χ1n) is 22.1. The van der Waals surface area contributed by atoms with E-state index in [1.54, 1.807) is 0 Å². The molecule has 0 saturated carbocycles. The van der Waals surface area contributed by atoms with Crippen molar-refractivity contribution >= 4 is 31.2 Å². The number of Topliss-reactive ketones (excluding diaryl/α,β-unsaturated/α-hetero) is 2. The first-order valence-corrected chi connectivity index (χ1v) is 22.1. The van der Waals surface area contributed by atoms with Gasteiger partial charge in [0.1, 0.15) is 11.6 Å². The number of carbonyl (C=O) groups excluding carboxylic acids is 4. The van der Waals surface area contributed by atoms with Gasteiger partial charge in [0.2, 0.25) is 11.9 Å². The van der Waals surface area contributed by atoms with Crippen molar-refractivity contribution in [1.82, 2.24) is 0 Å². The molecule has 2 spiro atoms. The summed E-state index contributed by atoms with van der Waals surface area (Å²) in [6.45, 7) is 7.39. The molecular weight excluding hydrogens is 775 g/mol. The minimum Gasteiger partial charge on any atom is -0.461 e. The van der Waals surface area contributed by atoms with Crippen LogP contribution in [0.3, 0.4) is 0 Å². The number of hydrogen-bond acceptors (Lipinski definition) is 14. The molecule has 5 aliphatic heterocycles. The summed E-state index contributed by atoms with van der Waals surface area (Å²) in [6, 6.07) is 0. The van der Waals surface area contributed by atoms with Crippen LogP contribution in [0.4, 0.5) is 0 Å². The maximum atomic E-state index is 13.4. The minimum absolute atomic E-state index is 0.000835. The van der Waals surface area contributed by atoms with Crippen molar-refractivity contribution in [2.24, 2.45) is 11.8 Å². The van der Waals surface area contributed by atoms with E-state index in [1.807, 2.05) is 76.3 Å². The van der Waals surface area contributed by atoms with Gasteiger partial charge in [-0.3, -0.25) is 9.59 Å². The van der Waals surface area contributed by atoms with Gasteiger partial charge in [-0.2, -0.15) is 0 Å². The van der Waals surface area contributed by atoms with Gasteiger partial charge in [-0.1, -0.05) is 62.5 Å². The maximum absolute atomic E-state index is 13.4. The SMILES string of the molecule is CC1CC/C=C\C=C\CCC(O)CC(=O)CC2CCC(C)C3(OCOC3C(=O)OC(C)CC/C=C\C=C\CCC(O)CC(=O)CC3CCC(C)C4(OBOC4C(=O)O1)O3)O2. The molecule has 60 heavy (non-hydrogen) atoms. The van der Waals surface area contributed by atoms with Crippen molar-refractivity contribution in [3.8, 4) is 0 Å². The highest BCUT2D eigenvalue weighted by Gasteiger charge is 2.59. The number of allylic oxidation sites excluding steroid dienone is 8. The number of esters is 2. The van der Waals surface area contributed by atoms with Crippen molar-refractivity contribution in [3.05, 3.63) is 48.6 Å². The van der Waals surface area contributed by atoms with E-state index in [1.165, 1.54) is 0 Å². The van der Waals surface area contributed by atoms with Crippen LogP contribution in [0, 0.1) is 11.8 Å². The fraction of sp³-hybridized carbons (Fsp3) is 0.733. The van der Waals surface area contributed by atoms with Crippen LogP contribution in [0.25, 0.3) is 0 Å². The molecule has 0 radical (unpaired) electrons. The first kappa shape index (κ1) is 48.0. The normalized spacial score (nSPS) is 41.5. The Bertz CT molecular complexity index is 1430. The molecule has 4 bridgehead atoms. The third-order valence-electron chi connectivity index (χ3n) is 12.2. The average molecular weight is 843 g/mol. The van der Waals surface area contributed by atoms with Crippen LogP contribution >= 0.6 is 0 Å². The lowest BCUT2D eigenvalue weighted by molar-refractivity contribution is -0.289. The van der Waals surface area contributed by atoms with E-state index in [2.05, 4.69) is 0 Å². The molecule has 14 nitrogen and oxygen atoms in total. The Hall–Kier alpha value is -3.02. The van der Waals surface area contributed by atoms with Crippen molar-refractivity contribution in [1.29, 1.82) is 0 Å². The van der Waals surface area contributed by atoms with Crippen molar-refractivity contribution < 1.29 is 67.1 Å². The lowest BCUT2D eigenvalue weighted by Gasteiger charge is -2.44. The zero-order chi connectivity index (χ0) is 43.1. The van der Waals surface area contributed by atoms with E-state index in [-0.39, 0.29) is 63.6 Å². The largest absolute Gasteiger partial charge is 0.461 e. The van der Waals surface area contributed by atoms with Gasteiger partial charge < -0.3 is 47.9 Å². The molecule has 0 amide bonds. The number of rotatable bonds is 0. The third-order valence-corrected chi connectivity index (χ3v) is 12.2. The van der Waals surface area contributed by atoms with E-state index in [4.69, 9.17) is 37.7 Å². The summed E-state index contributed by atoms with van der Waals surface area (Å²) in [4.78, 5) is 52.8. The predicted octanol–water partition coefficient (Wildman–Crippen LogP) is 5.71. The molecule has 4 fully saturated rings. The summed E-state index contributed by atoms with van der Waals surface area (Å²) < 4.78 is 47.6. The summed E-state index contributed by atoms with van der Waals surface area (Å²) >= 11 is 0. The predicted molar refractivity (Wildman–Crippen MR) is 221 cm³/mol. The number of ketones is 2. The Morgan fingerprint density at radius 1 is 0.567 bits per heavy atom. The molecule has 2 N–H and O–H groups in total. The molecule has 12 atom stereocenters. The van der Waals surface area contributed by atoms with Crippen molar-refractivity contribution in [2.45, 2.75) is 191 Å². The zero-order valence-electron chi connectivity index (χ0n) is 35.9. The van der Waals surface area contributed by atoms with Gasteiger partial charge in [0.05, 0.1) is 36.6 Å². The Balaban J connectivity index is 1.18. The average Bonchev–Trinajstić information content (AvgIpc) is 3.81. The van der Waals surface area contributed by atoms with Gasteiger partial charge in [-0.25, -0.2) is 9.59 Å². The van der Waals surface area contributed by atoms with Crippen LogP contribution in [0.1, 0.15) is 130 Å². The van der Waals surface area contributed by atoms with Crippen LogP contribution in [0.2, 0.25) is 0 Å². The molecular formula is C45H67BO14. The number of aliphatic hydroxyl groups is 2. The molecule has 0 aliphatic carbocycles. The number of ether oxygens (including phenoxy) is 6. The van der Waals surface area contributed by atoms with Crippen molar-refractivity contribution in [2.75, 3.05) is 6.79 Å². The molecule has 5 heterocycles. The second-order valence-corrected chi connectivity index (χ2v) is 17.2. The number of hydrogen-bond donors (Lipinski definition) is 2. The summed E-state index contributed by atoms with van der Waals surface area (Å²) in [7, 11) is -0.126. The molecule has 0 aromatic rings. The summed E-state index contributed by atoms with van der Waals surface area (Å²) in [5, 5.41) is 21.2. The van der Waals surface area contributed by atoms with E-state index in [9.17, 15) is 29.4 Å². The molecule has 12 unspecified atom stereocenters. The van der Waals surface area contributed by atoms with Gasteiger partial charge in [0.15, 0.2) is 18.7 Å². The van der Waals surface area contributed by atoms with Gasteiger partial charge >= 0.3 is 19.6 Å². The highest BCUT2D eigenvalue weighted by atomic mass is 16.8. The molecule has 5 rings (SSSR count).